The Morgan fingerprint density at radius 3 is 1.93 bits per heavy atom. The Bertz CT molecular complexity index is 3730. The van der Waals surface area contributed by atoms with E-state index in [0.29, 0.717) is 35.8 Å². The van der Waals surface area contributed by atoms with Crippen LogP contribution in [0.15, 0.2) is 170 Å². The van der Waals surface area contributed by atoms with Crippen LogP contribution in [0.3, 0.4) is 0 Å². The molecule has 346 valence electrons. The van der Waals surface area contributed by atoms with E-state index in [4.69, 9.17) is 21.6 Å². The van der Waals surface area contributed by atoms with Crippen LogP contribution in [0, 0.1) is 6.33 Å². The summed E-state index contributed by atoms with van der Waals surface area (Å²) in [6.45, 7) is 20.7. The van der Waals surface area contributed by atoms with Crippen molar-refractivity contribution in [3.63, 3.8) is 0 Å². The quantitative estimate of drug-likeness (QED) is 0.0738. The molecule has 0 amide bonds. The number of nitrogens with zero attached hydrogens (tertiary/aromatic N) is 5. The number of pyridine rings is 2. The molecule has 0 bridgehead atoms. The van der Waals surface area contributed by atoms with Crippen LogP contribution in [0.2, 0.25) is 0 Å². The van der Waals surface area contributed by atoms with E-state index in [2.05, 4.69) is 163 Å². The van der Waals surface area contributed by atoms with Crippen molar-refractivity contribution in [2.24, 2.45) is 0 Å². The van der Waals surface area contributed by atoms with E-state index in [1.54, 1.807) is 6.20 Å². The first kappa shape index (κ1) is 39.7. The van der Waals surface area contributed by atoms with Gasteiger partial charge >= 0.3 is 0 Å². The molecule has 0 fully saturated rings. The van der Waals surface area contributed by atoms with Gasteiger partial charge in [-0.15, -0.1) is 0 Å². The zero-order valence-electron chi connectivity index (χ0n) is 46.3. The van der Waals surface area contributed by atoms with Crippen LogP contribution in [0.4, 0.5) is 0 Å². The molecule has 0 saturated heterocycles. The van der Waals surface area contributed by atoms with Gasteiger partial charge in [0, 0.05) is 35.3 Å². The Balaban J connectivity index is 0.961. The van der Waals surface area contributed by atoms with Crippen LogP contribution in [0.5, 0.6) is 11.5 Å². The minimum Gasteiger partial charge on any atom is -0.458 e. The van der Waals surface area contributed by atoms with Gasteiger partial charge in [0.05, 0.1) is 35.5 Å². The molecule has 0 unspecified atom stereocenters. The highest BCUT2D eigenvalue weighted by molar-refractivity contribution is 6.09. The summed E-state index contributed by atoms with van der Waals surface area (Å²) in [6.07, 6.45) is 9.44. The number of hydrogen-bond donors (Lipinski definition) is 0. The summed E-state index contributed by atoms with van der Waals surface area (Å²) in [7, 11) is 0. The highest BCUT2D eigenvalue weighted by Crippen LogP contribution is 2.40. The molecule has 69 heavy (non-hydrogen) atoms. The average Bonchev–Trinajstić information content (AvgIpc) is 3.91. The van der Waals surface area contributed by atoms with Gasteiger partial charge in [0.1, 0.15) is 23.1 Å². The fraction of sp³-hybridized carbons (Fsp3) is 0.254. The van der Waals surface area contributed by atoms with Gasteiger partial charge in [-0.25, -0.2) is 4.98 Å². The Kier molecular flexibility index (Phi) is 10.3. The van der Waals surface area contributed by atoms with Gasteiger partial charge in [-0.2, -0.15) is 0 Å². The first-order chi connectivity index (χ1) is 35.2. The van der Waals surface area contributed by atoms with Crippen molar-refractivity contribution in [2.45, 2.75) is 104 Å². The van der Waals surface area contributed by atoms with E-state index >= 15 is 0 Å². The summed E-state index contributed by atoms with van der Waals surface area (Å²) < 4.78 is 56.6. The largest absolute Gasteiger partial charge is 0.458 e. The minimum absolute atomic E-state index is 0.0388. The molecule has 0 aliphatic heterocycles. The molecule has 6 nitrogen and oxygen atoms in total. The van der Waals surface area contributed by atoms with Crippen molar-refractivity contribution < 1.29 is 16.2 Å². The number of para-hydroxylation sites is 3. The second-order valence-corrected chi connectivity index (χ2v) is 21.3. The van der Waals surface area contributed by atoms with Crippen molar-refractivity contribution in [1.29, 1.82) is 0 Å². The summed E-state index contributed by atoms with van der Waals surface area (Å²) in [5.74, 6) is 2.85. The molecule has 6 heteroatoms. The normalized spacial score (nSPS) is 13.4. The molecule has 10 rings (SSSR count). The molecule has 4 aromatic heterocycles. The summed E-state index contributed by atoms with van der Waals surface area (Å²) in [4.78, 5) is 9.68. The minimum atomic E-state index is -0.398. The van der Waals surface area contributed by atoms with Crippen LogP contribution < -0.4 is 9.30 Å². The van der Waals surface area contributed by atoms with E-state index in [1.807, 2.05) is 53.2 Å². The number of hydrogen-bond acceptors (Lipinski definition) is 3. The number of aryl methyl sites for hydroxylation is 1. The van der Waals surface area contributed by atoms with Crippen molar-refractivity contribution in [3.05, 3.63) is 199 Å². The topological polar surface area (TPSA) is 48.8 Å². The van der Waals surface area contributed by atoms with Crippen molar-refractivity contribution >= 4 is 32.8 Å². The van der Waals surface area contributed by atoms with E-state index in [9.17, 15) is 0 Å². The standard InChI is InChI=1S/C63H63N5O/c1-61(2,3)45-31-33-65-60(39-45)68-55-26-14-13-23-53(55)54-30-29-48(40-58(54)68)69-49-32-34-64-59(41-49)67-42-66(56-27-15-16-28-57(56)67)35-18-17-22-52-50(43-20-11-10-12-21-43)24-19-25-51(52)44-36-46(62(4,5)6)38-47(37-44)63(7,8)9/h10-16,19-21,23-34,36-41H,17-18,22,35H2,1-9H3/i10D,11D,12D,20D,21D. The molecule has 0 aliphatic rings. The van der Waals surface area contributed by atoms with Gasteiger partial charge in [0.25, 0.3) is 0 Å². The number of ether oxygens (including phenoxy) is 1. The Morgan fingerprint density at radius 1 is 0.551 bits per heavy atom. The third-order valence-electron chi connectivity index (χ3n) is 13.3. The molecular weight excluding hydrogens is 843 g/mol. The van der Waals surface area contributed by atoms with Gasteiger partial charge in [0.15, 0.2) is 0 Å². The number of aromatic nitrogens is 5. The molecule has 0 atom stereocenters. The zero-order chi connectivity index (χ0) is 52.4. The summed E-state index contributed by atoms with van der Waals surface area (Å²) >= 11 is 0. The average molecular weight is 911 g/mol. The highest BCUT2D eigenvalue weighted by atomic mass is 16.5. The van der Waals surface area contributed by atoms with Crippen LogP contribution >= 0.6 is 0 Å². The van der Waals surface area contributed by atoms with Crippen LogP contribution in [-0.4, -0.2) is 19.1 Å². The molecule has 0 N–H and O–H groups in total. The number of rotatable bonds is 11. The van der Waals surface area contributed by atoms with Crippen molar-refractivity contribution in [2.75, 3.05) is 0 Å². The van der Waals surface area contributed by atoms with Crippen molar-refractivity contribution in [1.82, 2.24) is 19.1 Å². The Morgan fingerprint density at radius 2 is 1.19 bits per heavy atom. The predicted molar refractivity (Wildman–Crippen MR) is 285 cm³/mol. The molecule has 4 heterocycles. The number of unbranched alkanes of at least 4 members (excludes halogenated alkanes) is 1. The summed E-state index contributed by atoms with van der Waals surface area (Å²) in [5, 5.41) is 2.26. The van der Waals surface area contributed by atoms with Gasteiger partial charge < -0.3 is 13.9 Å². The van der Waals surface area contributed by atoms with Gasteiger partial charge in [-0.1, -0.05) is 171 Å². The molecule has 0 aliphatic carbocycles. The molecule has 0 spiro atoms. The lowest BCUT2D eigenvalue weighted by molar-refractivity contribution is -0.676. The summed E-state index contributed by atoms with van der Waals surface area (Å²) in [6, 6.07) is 42.3. The maximum Gasteiger partial charge on any atom is 0.245 e. The van der Waals surface area contributed by atoms with Gasteiger partial charge in [-0.3, -0.25) is 9.55 Å². The lowest BCUT2D eigenvalue weighted by Crippen LogP contribution is -2.32. The predicted octanol–water partition coefficient (Wildman–Crippen LogP) is 15.6. The van der Waals surface area contributed by atoms with E-state index in [-0.39, 0.29) is 46.0 Å². The van der Waals surface area contributed by atoms with Crippen LogP contribution in [-0.2, 0) is 29.2 Å². The monoisotopic (exact) mass is 911 g/mol. The number of fused-ring (bicyclic) bond motifs is 4. The lowest BCUT2D eigenvalue weighted by atomic mass is 9.78. The van der Waals surface area contributed by atoms with Crippen molar-refractivity contribution in [3.8, 4) is 45.4 Å². The third kappa shape index (κ3) is 9.21. The molecule has 10 aromatic rings. The SMILES string of the molecule is [2H]c1c([2H])c([2H])c(-c2cccc(-c3cc(C(C)(C)C)cc(C(C)(C)C)c3)c2CCCC[n+]2[c-]n(-c3cc(Oc4ccc5c6ccccc6n(-c6cc(C(C)(C)C)ccn6)c5c4)ccn3)c3ccccc32)c([2H])c1[2H]. The van der Waals surface area contributed by atoms with Gasteiger partial charge in [0.2, 0.25) is 6.33 Å². The Labute approximate surface area is 415 Å². The van der Waals surface area contributed by atoms with Gasteiger partial charge in [-0.05, 0) is 116 Å². The van der Waals surface area contributed by atoms with E-state index < -0.39 is 6.04 Å². The first-order valence-corrected chi connectivity index (χ1v) is 24.1. The fourth-order valence-electron chi connectivity index (χ4n) is 9.41. The second-order valence-electron chi connectivity index (χ2n) is 21.3. The second kappa shape index (κ2) is 18.0. The number of imidazole rings is 1. The van der Waals surface area contributed by atoms with E-state index in [1.165, 1.54) is 16.7 Å². The van der Waals surface area contributed by atoms with Crippen LogP contribution in [0.25, 0.3) is 66.7 Å². The Hall–Kier alpha value is -7.31. The molecular formula is C63H63N5O. The summed E-state index contributed by atoms with van der Waals surface area (Å²) in [5.41, 5.74) is 11.3. The lowest BCUT2D eigenvalue weighted by Gasteiger charge is -2.27. The van der Waals surface area contributed by atoms with E-state index in [0.717, 1.165) is 68.2 Å². The number of benzene rings is 6. The first-order valence-electron chi connectivity index (χ1n) is 26.6. The zero-order valence-corrected chi connectivity index (χ0v) is 41.3. The maximum absolute atomic E-state index is 9.03. The fourth-order valence-corrected chi connectivity index (χ4v) is 9.41. The third-order valence-corrected chi connectivity index (χ3v) is 13.3. The van der Waals surface area contributed by atoms with Crippen LogP contribution in [0.1, 0.15) is 104 Å². The molecule has 6 aromatic carbocycles. The maximum atomic E-state index is 9.03. The highest BCUT2D eigenvalue weighted by Gasteiger charge is 2.23. The molecule has 0 radical (unpaired) electrons. The smallest absolute Gasteiger partial charge is 0.245 e. The molecule has 0 saturated carbocycles.